The summed E-state index contributed by atoms with van der Waals surface area (Å²) in [6, 6.07) is 0. The number of hydrogen-bond donors (Lipinski definition) is 5. The van der Waals surface area contributed by atoms with Crippen LogP contribution in [-0.4, -0.2) is 137 Å². The van der Waals surface area contributed by atoms with Crippen LogP contribution in [0.4, 0.5) is 0 Å². The van der Waals surface area contributed by atoms with E-state index < -0.39 is 23.8 Å². The first-order chi connectivity index (χ1) is 13.7. The minimum absolute atomic E-state index is 0.00343. The number of hydrazine groups is 1. The Morgan fingerprint density at radius 3 is 1.03 bits per heavy atom. The van der Waals surface area contributed by atoms with Crippen LogP contribution in [0.3, 0.4) is 0 Å². The molecule has 1 rings (SSSR count). The average molecular weight is 418 g/mol. The Balaban J connectivity index is 2.92. The van der Waals surface area contributed by atoms with Gasteiger partial charge in [-0.1, -0.05) is 0 Å². The molecule has 0 aromatic carbocycles. The van der Waals surface area contributed by atoms with Crippen LogP contribution in [0.5, 0.6) is 0 Å². The fraction of sp³-hybridized carbons (Fsp3) is 0.750. The Morgan fingerprint density at radius 1 is 0.586 bits per heavy atom. The van der Waals surface area contributed by atoms with Gasteiger partial charge in [0.1, 0.15) is 0 Å². The predicted molar refractivity (Wildman–Crippen MR) is 101 cm³/mol. The van der Waals surface area contributed by atoms with Gasteiger partial charge in [0.2, 0.25) is 5.91 Å². The molecule has 0 aliphatic carbocycles. The number of nitrogens with two attached hydrogens (primary N) is 1. The maximum atomic E-state index is 11.7. The lowest BCUT2D eigenvalue weighted by Gasteiger charge is -2.32. The van der Waals surface area contributed by atoms with E-state index in [1.54, 1.807) is 19.6 Å². The summed E-state index contributed by atoms with van der Waals surface area (Å²) >= 11 is 0. The van der Waals surface area contributed by atoms with E-state index in [-0.39, 0.29) is 26.2 Å². The minimum atomic E-state index is -1.01. The van der Waals surface area contributed by atoms with Gasteiger partial charge in [0.05, 0.1) is 26.2 Å². The van der Waals surface area contributed by atoms with E-state index in [1.165, 1.54) is 0 Å². The van der Waals surface area contributed by atoms with Gasteiger partial charge >= 0.3 is 17.9 Å². The van der Waals surface area contributed by atoms with Crippen LogP contribution >= 0.6 is 0 Å². The van der Waals surface area contributed by atoms with Crippen LogP contribution in [0.1, 0.15) is 0 Å². The molecular formula is C16H30N6O7. The zero-order chi connectivity index (χ0) is 21.8. The predicted octanol–water partition coefficient (Wildman–Crippen LogP) is -3.55. The third-order valence-electron chi connectivity index (χ3n) is 4.53. The second-order valence-electron chi connectivity index (χ2n) is 6.85. The smallest absolute Gasteiger partial charge is 0.317 e. The molecule has 0 aromatic heterocycles. The molecule has 1 saturated heterocycles. The van der Waals surface area contributed by atoms with Crippen molar-refractivity contribution in [1.82, 2.24) is 25.0 Å². The van der Waals surface area contributed by atoms with Gasteiger partial charge in [-0.05, 0) is 0 Å². The number of amides is 1. The highest BCUT2D eigenvalue weighted by atomic mass is 16.4. The fourth-order valence-electron chi connectivity index (χ4n) is 3.03. The van der Waals surface area contributed by atoms with Crippen molar-refractivity contribution >= 4 is 23.8 Å². The molecule has 13 heteroatoms. The van der Waals surface area contributed by atoms with E-state index in [0.29, 0.717) is 52.4 Å². The molecule has 0 radical (unpaired) electrons. The van der Waals surface area contributed by atoms with E-state index in [4.69, 9.17) is 21.2 Å². The second-order valence-corrected chi connectivity index (χ2v) is 6.85. The van der Waals surface area contributed by atoms with Crippen LogP contribution in [0, 0.1) is 0 Å². The van der Waals surface area contributed by atoms with Gasteiger partial charge in [-0.3, -0.25) is 44.2 Å². The lowest BCUT2D eigenvalue weighted by atomic mass is 10.3. The zero-order valence-corrected chi connectivity index (χ0v) is 16.3. The Morgan fingerprint density at radius 2 is 0.828 bits per heavy atom. The zero-order valence-electron chi connectivity index (χ0n) is 16.3. The number of rotatable bonds is 8. The van der Waals surface area contributed by atoms with E-state index >= 15 is 0 Å². The van der Waals surface area contributed by atoms with Gasteiger partial charge in [-0.25, -0.2) is 5.84 Å². The van der Waals surface area contributed by atoms with Crippen molar-refractivity contribution in [2.45, 2.75) is 0 Å². The molecule has 0 spiro atoms. The van der Waals surface area contributed by atoms with E-state index in [0.717, 1.165) is 0 Å². The minimum Gasteiger partial charge on any atom is -0.480 e. The number of nitrogens with one attached hydrogen (secondary N) is 1. The number of aliphatic carboxylic acids is 3. The molecule has 13 nitrogen and oxygen atoms in total. The summed E-state index contributed by atoms with van der Waals surface area (Å²) in [6.45, 7) is 2.13. The van der Waals surface area contributed by atoms with Crippen LogP contribution in [0.25, 0.3) is 0 Å². The van der Waals surface area contributed by atoms with Crippen LogP contribution in [0.15, 0.2) is 0 Å². The van der Waals surface area contributed by atoms with Gasteiger partial charge in [0, 0.05) is 52.4 Å². The number of hydrogen-bond acceptors (Lipinski definition) is 9. The number of carbonyl (C=O) groups excluding carboxylic acids is 1. The first kappa shape index (κ1) is 24.7. The first-order valence-electron chi connectivity index (χ1n) is 9.23. The maximum Gasteiger partial charge on any atom is 0.317 e. The quantitative estimate of drug-likeness (QED) is 0.149. The topological polar surface area (TPSA) is 180 Å². The number of carbonyl (C=O) groups is 4. The summed E-state index contributed by atoms with van der Waals surface area (Å²) in [5.41, 5.74) is 2.05. The molecule has 0 bridgehead atoms. The lowest BCUT2D eigenvalue weighted by Crippen LogP contribution is -2.50. The van der Waals surface area contributed by atoms with Crippen molar-refractivity contribution in [2.24, 2.45) is 5.84 Å². The molecule has 6 N–H and O–H groups in total. The summed E-state index contributed by atoms with van der Waals surface area (Å²) in [6.07, 6.45) is 0. The Bertz CT molecular complexity index is 544. The lowest BCUT2D eigenvalue weighted by molar-refractivity contribution is -0.140. The van der Waals surface area contributed by atoms with Crippen LogP contribution in [0.2, 0.25) is 0 Å². The Kier molecular flexibility index (Phi) is 11.1. The summed E-state index contributed by atoms with van der Waals surface area (Å²) in [7, 11) is 0. The largest absolute Gasteiger partial charge is 0.480 e. The van der Waals surface area contributed by atoms with Gasteiger partial charge in [0.25, 0.3) is 0 Å². The second kappa shape index (κ2) is 13.0. The maximum absolute atomic E-state index is 11.7. The third kappa shape index (κ3) is 11.3. The van der Waals surface area contributed by atoms with Crippen molar-refractivity contribution in [3.63, 3.8) is 0 Å². The molecule has 166 valence electrons. The highest BCUT2D eigenvalue weighted by molar-refractivity contribution is 5.77. The van der Waals surface area contributed by atoms with E-state index in [1.807, 2.05) is 0 Å². The van der Waals surface area contributed by atoms with Gasteiger partial charge in [-0.2, -0.15) is 0 Å². The molecule has 0 unspecified atom stereocenters. The molecule has 1 fully saturated rings. The van der Waals surface area contributed by atoms with Crippen molar-refractivity contribution in [1.29, 1.82) is 0 Å². The Labute approximate surface area is 168 Å². The molecule has 0 aromatic rings. The van der Waals surface area contributed by atoms with Crippen LogP contribution in [-0.2, 0) is 19.2 Å². The van der Waals surface area contributed by atoms with E-state index in [2.05, 4.69) is 5.43 Å². The number of nitrogens with zero attached hydrogens (tertiary/aromatic N) is 4. The van der Waals surface area contributed by atoms with E-state index in [9.17, 15) is 19.2 Å². The van der Waals surface area contributed by atoms with Gasteiger partial charge < -0.3 is 15.3 Å². The summed E-state index contributed by atoms with van der Waals surface area (Å²) in [5, 5.41) is 27.4. The van der Waals surface area contributed by atoms with Crippen molar-refractivity contribution < 1.29 is 34.5 Å². The van der Waals surface area contributed by atoms with Gasteiger partial charge in [0.15, 0.2) is 0 Å². The molecule has 0 saturated carbocycles. The van der Waals surface area contributed by atoms with Crippen LogP contribution < -0.4 is 11.3 Å². The monoisotopic (exact) mass is 418 g/mol. The highest BCUT2D eigenvalue weighted by Crippen LogP contribution is 2.01. The molecule has 1 aliphatic rings. The average Bonchev–Trinajstić information content (AvgIpc) is 2.62. The SMILES string of the molecule is NNC(=O)CN1CCN(CC(=O)O)CCN(CC(=O)O)CCN(CC(=O)O)CC1. The number of carboxylic acid groups (broad SMARTS) is 3. The molecule has 1 amide bonds. The fourth-order valence-corrected chi connectivity index (χ4v) is 3.03. The first-order valence-corrected chi connectivity index (χ1v) is 9.23. The number of carboxylic acids is 3. The van der Waals surface area contributed by atoms with Gasteiger partial charge in [-0.15, -0.1) is 0 Å². The molecule has 1 heterocycles. The standard InChI is InChI=1S/C16H30N6O7/c17-18-13(23)9-19-1-3-20(10-14(24)25)5-7-22(12-16(28)29)8-6-21(4-2-19)11-15(26)27/h1-12,17H2,(H,18,23)(H,24,25)(H,26,27)(H,28,29). The summed E-state index contributed by atoms with van der Waals surface area (Å²) in [4.78, 5) is 51.9. The summed E-state index contributed by atoms with van der Waals surface area (Å²) in [5.74, 6) is 1.74. The third-order valence-corrected chi connectivity index (χ3v) is 4.53. The molecule has 0 atom stereocenters. The molecular weight excluding hydrogens is 388 g/mol. The summed E-state index contributed by atoms with van der Waals surface area (Å²) < 4.78 is 0. The van der Waals surface area contributed by atoms with Crippen molar-refractivity contribution in [3.05, 3.63) is 0 Å². The Hall–Kier alpha value is -2.32. The molecule has 1 aliphatic heterocycles. The normalized spacial score (nSPS) is 19.1. The highest BCUT2D eigenvalue weighted by Gasteiger charge is 2.20. The molecule has 29 heavy (non-hydrogen) atoms. The van der Waals surface area contributed by atoms with Crippen molar-refractivity contribution in [2.75, 3.05) is 78.5 Å². The van der Waals surface area contributed by atoms with Crippen molar-refractivity contribution in [3.8, 4) is 0 Å².